The molecule has 0 aromatic heterocycles. The molecule has 0 bridgehead atoms. The lowest BCUT2D eigenvalue weighted by molar-refractivity contribution is -0.118. The molecule has 132 valence electrons. The lowest BCUT2D eigenvalue weighted by Gasteiger charge is -2.21. The largest absolute Gasteiger partial charge is 0.323 e. The van der Waals surface area contributed by atoms with Gasteiger partial charge in [0, 0.05) is 11.0 Å². The minimum atomic E-state index is -0.509. The van der Waals surface area contributed by atoms with E-state index in [2.05, 4.69) is 26.6 Å². The second-order valence-corrected chi connectivity index (χ2v) is 7.45. The lowest BCUT2D eigenvalue weighted by Crippen LogP contribution is -2.29. The third kappa shape index (κ3) is 3.33. The van der Waals surface area contributed by atoms with E-state index in [0.29, 0.717) is 18.7 Å². The first-order chi connectivity index (χ1) is 11.6. The normalized spacial score (nSPS) is 17.2. The summed E-state index contributed by atoms with van der Waals surface area (Å²) in [5.74, 6) is -0.397. The number of amides is 1. The number of hydrogen-bond acceptors (Lipinski definition) is 2. The summed E-state index contributed by atoms with van der Waals surface area (Å²) in [7, 11) is 0. The van der Waals surface area contributed by atoms with Crippen LogP contribution in [0, 0.1) is 5.82 Å². The Morgan fingerprint density at radius 1 is 1.16 bits per heavy atom. The highest BCUT2D eigenvalue weighted by Crippen LogP contribution is 2.49. The topological polar surface area (TPSA) is 41.1 Å². The second kappa shape index (κ2) is 7.06. The average Bonchev–Trinajstić information content (AvgIpc) is 3.40. The fourth-order valence-electron chi connectivity index (χ4n) is 3.41. The molecule has 6 heteroatoms. The summed E-state index contributed by atoms with van der Waals surface area (Å²) in [4.78, 5) is 12.8. The Bertz CT molecular complexity index is 806. The summed E-state index contributed by atoms with van der Waals surface area (Å²) in [5.41, 5.74) is 2.48. The Morgan fingerprint density at radius 3 is 2.56 bits per heavy atom. The van der Waals surface area contributed by atoms with Crippen molar-refractivity contribution >= 4 is 39.9 Å². The summed E-state index contributed by atoms with van der Waals surface area (Å²) < 4.78 is 15.7. The fraction of sp³-hybridized carbons (Fsp3) is 0.316. The van der Waals surface area contributed by atoms with Crippen molar-refractivity contribution in [3.63, 3.8) is 0 Å². The maximum absolute atomic E-state index is 14.7. The van der Waals surface area contributed by atoms with E-state index >= 15 is 0 Å². The molecule has 2 aliphatic rings. The van der Waals surface area contributed by atoms with Crippen molar-refractivity contribution in [2.24, 2.45) is 0 Å². The Kier molecular flexibility index (Phi) is 5.19. The van der Waals surface area contributed by atoms with Gasteiger partial charge in [0.15, 0.2) is 0 Å². The van der Waals surface area contributed by atoms with E-state index < -0.39 is 5.41 Å². The highest BCUT2D eigenvalue weighted by atomic mass is 79.9. The maximum atomic E-state index is 14.7. The third-order valence-electron chi connectivity index (χ3n) is 5.04. The van der Waals surface area contributed by atoms with Gasteiger partial charge in [0.1, 0.15) is 5.82 Å². The van der Waals surface area contributed by atoms with Crippen molar-refractivity contribution in [3.05, 3.63) is 63.4 Å². The number of fused-ring (bicyclic) bond motifs is 1. The van der Waals surface area contributed by atoms with Gasteiger partial charge >= 0.3 is 0 Å². The first-order valence-electron chi connectivity index (χ1n) is 8.19. The maximum Gasteiger partial charge on any atom is 0.235 e. The Morgan fingerprint density at radius 2 is 1.88 bits per heavy atom. The van der Waals surface area contributed by atoms with Crippen LogP contribution in [-0.4, -0.2) is 12.5 Å². The molecule has 0 atom stereocenters. The van der Waals surface area contributed by atoms with E-state index in [1.807, 2.05) is 30.3 Å². The standard InChI is InChI=1S/C19H18BrFN2O.ClH/c20-14-4-2-13(3-5-14)19(8-9-19)18(24)23-16-6-1-12-11-22-10-7-15(12)17(16)21;/h1-6,22H,7-11H2,(H,23,24);1H. The van der Waals surface area contributed by atoms with Crippen LogP contribution in [0.2, 0.25) is 0 Å². The molecule has 1 fully saturated rings. The Balaban J connectivity index is 0.00000182. The molecule has 0 saturated heterocycles. The summed E-state index contributed by atoms with van der Waals surface area (Å²) >= 11 is 3.41. The van der Waals surface area contributed by atoms with Crippen molar-refractivity contribution in [1.29, 1.82) is 0 Å². The molecule has 1 aliphatic heterocycles. The molecule has 2 aromatic rings. The number of halogens is 3. The van der Waals surface area contributed by atoms with Crippen LogP contribution < -0.4 is 10.6 Å². The smallest absolute Gasteiger partial charge is 0.235 e. The van der Waals surface area contributed by atoms with Crippen LogP contribution in [0.25, 0.3) is 0 Å². The zero-order chi connectivity index (χ0) is 16.7. The SMILES string of the molecule is Cl.O=C(Nc1ccc2c(c1F)CCNC2)C1(c2ccc(Br)cc2)CC1. The third-order valence-corrected chi connectivity index (χ3v) is 5.57. The number of carbonyl (C=O) groups excluding carboxylic acids is 1. The lowest BCUT2D eigenvalue weighted by atomic mass is 9.94. The van der Waals surface area contributed by atoms with Crippen molar-refractivity contribution in [2.75, 3.05) is 11.9 Å². The van der Waals surface area contributed by atoms with E-state index in [4.69, 9.17) is 0 Å². The summed E-state index contributed by atoms with van der Waals surface area (Å²) in [5, 5.41) is 6.06. The first kappa shape index (κ1) is 18.4. The molecule has 0 radical (unpaired) electrons. The van der Waals surface area contributed by atoms with Crippen LogP contribution in [0.15, 0.2) is 40.9 Å². The number of benzene rings is 2. The van der Waals surface area contributed by atoms with Gasteiger partial charge in [-0.3, -0.25) is 4.79 Å². The average molecular weight is 426 g/mol. The molecule has 0 spiro atoms. The van der Waals surface area contributed by atoms with Gasteiger partial charge in [-0.05, 0) is 60.7 Å². The Hall–Kier alpha value is -1.43. The number of hydrogen-bond donors (Lipinski definition) is 2. The number of nitrogens with one attached hydrogen (secondary N) is 2. The number of rotatable bonds is 3. The number of anilines is 1. The minimum Gasteiger partial charge on any atom is -0.323 e. The van der Waals surface area contributed by atoms with Crippen LogP contribution in [0.1, 0.15) is 29.5 Å². The molecule has 1 amide bonds. The van der Waals surface area contributed by atoms with Crippen molar-refractivity contribution in [1.82, 2.24) is 5.32 Å². The van der Waals surface area contributed by atoms with E-state index in [1.165, 1.54) is 0 Å². The molecule has 3 nitrogen and oxygen atoms in total. The van der Waals surface area contributed by atoms with Gasteiger partial charge < -0.3 is 10.6 Å². The zero-order valence-corrected chi connectivity index (χ0v) is 16.0. The van der Waals surface area contributed by atoms with Crippen LogP contribution in [-0.2, 0) is 23.2 Å². The van der Waals surface area contributed by atoms with Crippen LogP contribution in [0.5, 0.6) is 0 Å². The van der Waals surface area contributed by atoms with Crippen LogP contribution in [0.4, 0.5) is 10.1 Å². The highest BCUT2D eigenvalue weighted by Gasteiger charge is 2.51. The Labute approximate surface area is 160 Å². The van der Waals surface area contributed by atoms with Gasteiger partial charge in [0.2, 0.25) is 5.91 Å². The fourth-order valence-corrected chi connectivity index (χ4v) is 3.68. The summed E-state index contributed by atoms with van der Waals surface area (Å²) in [6.07, 6.45) is 2.26. The molecule has 2 N–H and O–H groups in total. The summed E-state index contributed by atoms with van der Waals surface area (Å²) in [6, 6.07) is 11.4. The monoisotopic (exact) mass is 424 g/mol. The van der Waals surface area contributed by atoms with Crippen molar-refractivity contribution < 1.29 is 9.18 Å². The molecule has 1 heterocycles. The molecule has 0 unspecified atom stereocenters. The van der Waals surface area contributed by atoms with Gasteiger partial charge in [0.05, 0.1) is 11.1 Å². The van der Waals surface area contributed by atoms with Gasteiger partial charge in [-0.2, -0.15) is 0 Å². The number of carbonyl (C=O) groups is 1. The van der Waals surface area contributed by atoms with Crippen molar-refractivity contribution in [2.45, 2.75) is 31.2 Å². The molecule has 4 rings (SSSR count). The van der Waals surface area contributed by atoms with Crippen molar-refractivity contribution in [3.8, 4) is 0 Å². The zero-order valence-electron chi connectivity index (χ0n) is 13.6. The predicted molar refractivity (Wildman–Crippen MR) is 103 cm³/mol. The quantitative estimate of drug-likeness (QED) is 0.769. The molecular formula is C19H19BrClFN2O. The van der Waals surface area contributed by atoms with Gasteiger partial charge in [-0.15, -0.1) is 12.4 Å². The molecule has 2 aromatic carbocycles. The van der Waals surface area contributed by atoms with Crippen LogP contribution in [0.3, 0.4) is 0 Å². The molecular weight excluding hydrogens is 407 g/mol. The predicted octanol–water partition coefficient (Wildman–Crippen LogP) is 4.33. The first-order valence-corrected chi connectivity index (χ1v) is 8.98. The second-order valence-electron chi connectivity index (χ2n) is 6.53. The van der Waals surface area contributed by atoms with Gasteiger partial charge in [-0.25, -0.2) is 4.39 Å². The van der Waals surface area contributed by atoms with E-state index in [0.717, 1.165) is 40.5 Å². The van der Waals surface area contributed by atoms with E-state index in [9.17, 15) is 9.18 Å². The van der Waals surface area contributed by atoms with E-state index in [1.54, 1.807) is 6.07 Å². The molecule has 25 heavy (non-hydrogen) atoms. The van der Waals surface area contributed by atoms with E-state index in [-0.39, 0.29) is 24.1 Å². The minimum absolute atomic E-state index is 0. The van der Waals surface area contributed by atoms with Gasteiger partial charge in [0.25, 0.3) is 0 Å². The van der Waals surface area contributed by atoms with Gasteiger partial charge in [-0.1, -0.05) is 34.1 Å². The highest BCUT2D eigenvalue weighted by molar-refractivity contribution is 9.10. The van der Waals surface area contributed by atoms with Crippen LogP contribution >= 0.6 is 28.3 Å². The molecule has 1 saturated carbocycles. The molecule has 1 aliphatic carbocycles. The summed E-state index contributed by atoms with van der Waals surface area (Å²) in [6.45, 7) is 1.45.